The van der Waals surface area contributed by atoms with Gasteiger partial charge in [-0.25, -0.2) is 0 Å². The summed E-state index contributed by atoms with van der Waals surface area (Å²) in [4.78, 5) is 12.1. The molecule has 0 aromatic carbocycles. The maximum atomic E-state index is 12.1. The average molecular weight is 294 g/mol. The minimum Gasteiger partial charge on any atom is -0.325 e. The highest BCUT2D eigenvalue weighted by molar-refractivity contribution is 7.99. The van der Waals surface area contributed by atoms with Crippen molar-refractivity contribution in [2.24, 2.45) is 11.8 Å². The Balaban J connectivity index is 1.81. The second-order valence-electron chi connectivity index (χ2n) is 5.76. The van der Waals surface area contributed by atoms with Gasteiger partial charge in [0.05, 0.1) is 6.04 Å². The van der Waals surface area contributed by atoms with Gasteiger partial charge in [0.15, 0.2) is 0 Å². The summed E-state index contributed by atoms with van der Waals surface area (Å²) in [5.41, 5.74) is 0.966. The Hall–Kier alpha value is -0.740. The first-order chi connectivity index (χ1) is 9.70. The first-order valence-electron chi connectivity index (χ1n) is 7.72. The Kier molecular flexibility index (Phi) is 6.17. The van der Waals surface area contributed by atoms with Crippen molar-refractivity contribution in [2.45, 2.75) is 45.6 Å². The Morgan fingerprint density at radius 2 is 2.35 bits per heavy atom. The van der Waals surface area contributed by atoms with Crippen molar-refractivity contribution in [3.8, 4) is 0 Å². The maximum absolute atomic E-state index is 12.1. The van der Waals surface area contributed by atoms with E-state index in [4.69, 9.17) is 0 Å². The number of carbonyl (C=O) groups is 1. The predicted octanol–water partition coefficient (Wildman–Crippen LogP) is 3.05. The van der Waals surface area contributed by atoms with Crippen molar-refractivity contribution in [3.63, 3.8) is 0 Å². The highest BCUT2D eigenvalue weighted by Gasteiger charge is 2.24. The van der Waals surface area contributed by atoms with Gasteiger partial charge in [-0.1, -0.05) is 45.3 Å². The summed E-state index contributed by atoms with van der Waals surface area (Å²) in [6.07, 6.45) is 11.7. The minimum atomic E-state index is -0.0353. The van der Waals surface area contributed by atoms with Crippen molar-refractivity contribution >= 4 is 17.7 Å². The van der Waals surface area contributed by atoms with Gasteiger partial charge in [0.25, 0.3) is 0 Å². The van der Waals surface area contributed by atoms with Gasteiger partial charge in [0, 0.05) is 17.3 Å². The van der Waals surface area contributed by atoms with Gasteiger partial charge >= 0.3 is 0 Å². The predicted molar refractivity (Wildman–Crippen MR) is 86.4 cm³/mol. The molecular formula is C16H26N2OS. The fourth-order valence-electron chi connectivity index (χ4n) is 2.73. The molecule has 0 aromatic heterocycles. The van der Waals surface area contributed by atoms with Crippen molar-refractivity contribution in [2.75, 3.05) is 11.6 Å². The minimum absolute atomic E-state index is 0.0353. The molecular weight excluding hydrogens is 268 g/mol. The van der Waals surface area contributed by atoms with E-state index in [9.17, 15) is 4.79 Å². The summed E-state index contributed by atoms with van der Waals surface area (Å²) in [5.74, 6) is 2.99. The molecule has 3 nitrogen and oxygen atoms in total. The van der Waals surface area contributed by atoms with Crippen LogP contribution in [0.3, 0.4) is 0 Å². The van der Waals surface area contributed by atoms with E-state index in [1.165, 1.54) is 25.7 Å². The molecule has 1 heterocycles. The molecule has 1 aliphatic heterocycles. The molecule has 20 heavy (non-hydrogen) atoms. The highest BCUT2D eigenvalue weighted by Crippen LogP contribution is 2.26. The second-order valence-corrected chi connectivity index (χ2v) is 6.79. The zero-order chi connectivity index (χ0) is 14.4. The van der Waals surface area contributed by atoms with Crippen molar-refractivity contribution in [1.29, 1.82) is 0 Å². The molecule has 1 saturated heterocycles. The van der Waals surface area contributed by atoms with Gasteiger partial charge in [0.2, 0.25) is 5.91 Å². The van der Waals surface area contributed by atoms with Gasteiger partial charge in [-0.2, -0.15) is 0 Å². The molecule has 4 heteroatoms. The molecule has 0 spiro atoms. The first-order valence-corrected chi connectivity index (χ1v) is 8.88. The molecule has 3 atom stereocenters. The third-order valence-corrected chi connectivity index (χ3v) is 5.02. The quantitative estimate of drug-likeness (QED) is 0.740. The normalized spacial score (nSPS) is 29.3. The van der Waals surface area contributed by atoms with Crippen molar-refractivity contribution in [1.82, 2.24) is 10.6 Å². The molecule has 0 bridgehead atoms. The fraction of sp³-hybridized carbons (Fsp3) is 0.688. The number of unbranched alkanes of at least 4 members (excludes halogenated alkanes) is 2. The van der Waals surface area contributed by atoms with Gasteiger partial charge in [0.1, 0.15) is 0 Å². The molecule has 0 aromatic rings. The van der Waals surface area contributed by atoms with Crippen LogP contribution >= 0.6 is 11.8 Å². The zero-order valence-corrected chi connectivity index (χ0v) is 13.3. The number of allylic oxidation sites excluding steroid dienone is 3. The third-order valence-electron chi connectivity index (χ3n) is 4.08. The molecule has 2 N–H and O–H groups in total. The van der Waals surface area contributed by atoms with E-state index < -0.39 is 0 Å². The molecule has 1 aliphatic carbocycles. The van der Waals surface area contributed by atoms with E-state index in [1.54, 1.807) is 11.8 Å². The summed E-state index contributed by atoms with van der Waals surface area (Å²) in [7, 11) is 0. The molecule has 0 saturated carbocycles. The molecule has 1 fully saturated rings. The van der Waals surface area contributed by atoms with Crippen LogP contribution in [0.5, 0.6) is 0 Å². The maximum Gasteiger partial charge on any atom is 0.242 e. The summed E-state index contributed by atoms with van der Waals surface area (Å²) in [5, 5.41) is 6.24. The molecule has 112 valence electrons. The fourth-order valence-corrected chi connectivity index (χ4v) is 3.67. The van der Waals surface area contributed by atoms with Crippen LogP contribution in [-0.4, -0.2) is 23.6 Å². The largest absolute Gasteiger partial charge is 0.325 e. The highest BCUT2D eigenvalue weighted by atomic mass is 32.2. The average Bonchev–Trinajstić information content (AvgIpc) is 2.95. The number of nitrogens with one attached hydrogen (secondary N) is 2. The number of thioether (sulfide) groups is 1. The van der Waals surface area contributed by atoms with Gasteiger partial charge in [-0.05, 0) is 24.3 Å². The zero-order valence-electron chi connectivity index (χ0n) is 12.5. The molecule has 0 radical (unpaired) electrons. The summed E-state index contributed by atoms with van der Waals surface area (Å²) < 4.78 is 0. The van der Waals surface area contributed by atoms with Gasteiger partial charge < -0.3 is 5.32 Å². The number of rotatable bonds is 6. The lowest BCUT2D eigenvalue weighted by atomic mass is 9.85. The van der Waals surface area contributed by atoms with Crippen LogP contribution in [0.25, 0.3) is 0 Å². The van der Waals surface area contributed by atoms with E-state index in [2.05, 4.69) is 42.7 Å². The van der Waals surface area contributed by atoms with Crippen LogP contribution in [0.15, 0.2) is 23.9 Å². The van der Waals surface area contributed by atoms with E-state index in [0.717, 1.165) is 17.3 Å². The third kappa shape index (κ3) is 4.38. The van der Waals surface area contributed by atoms with Crippen LogP contribution in [0.1, 0.15) is 39.5 Å². The molecule has 2 aliphatic rings. The standard InChI is InChI=1S/C16H26N2OS/c1-3-4-5-6-13-7-8-14(9-12(13)2)18-16(19)15-10-20-11-17-15/h7-9,12-13,15,17H,3-6,10-11H2,1-2H3,(H,18,19). The Morgan fingerprint density at radius 3 is 3.00 bits per heavy atom. The number of amides is 1. The van der Waals surface area contributed by atoms with Gasteiger partial charge in [-0.3, -0.25) is 10.1 Å². The Bertz CT molecular complexity index is 386. The molecule has 3 unspecified atom stereocenters. The lowest BCUT2D eigenvalue weighted by Gasteiger charge is -2.23. The SMILES string of the molecule is CCCCCC1C=CC(NC(=O)C2CSCN2)=CC1C. The number of hydrogen-bond acceptors (Lipinski definition) is 3. The Morgan fingerprint density at radius 1 is 1.50 bits per heavy atom. The summed E-state index contributed by atoms with van der Waals surface area (Å²) in [6.45, 7) is 4.49. The summed E-state index contributed by atoms with van der Waals surface area (Å²) in [6, 6.07) is -0.0353. The van der Waals surface area contributed by atoms with Crippen molar-refractivity contribution < 1.29 is 4.79 Å². The molecule has 2 rings (SSSR count). The van der Waals surface area contributed by atoms with E-state index in [-0.39, 0.29) is 11.9 Å². The van der Waals surface area contributed by atoms with Crippen LogP contribution < -0.4 is 10.6 Å². The first kappa shape index (κ1) is 15.6. The Labute approximate surface area is 126 Å². The monoisotopic (exact) mass is 294 g/mol. The topological polar surface area (TPSA) is 41.1 Å². The van der Waals surface area contributed by atoms with Crippen LogP contribution in [0.4, 0.5) is 0 Å². The second kappa shape index (κ2) is 7.89. The van der Waals surface area contributed by atoms with Gasteiger partial charge in [-0.15, -0.1) is 11.8 Å². The lowest BCUT2D eigenvalue weighted by Crippen LogP contribution is -2.41. The van der Waals surface area contributed by atoms with Crippen molar-refractivity contribution in [3.05, 3.63) is 23.9 Å². The van der Waals surface area contributed by atoms with E-state index in [1.807, 2.05) is 0 Å². The number of hydrogen-bond donors (Lipinski definition) is 2. The number of carbonyl (C=O) groups excluding carboxylic acids is 1. The molecule has 1 amide bonds. The van der Waals surface area contributed by atoms with Crippen LogP contribution in [0, 0.1) is 11.8 Å². The van der Waals surface area contributed by atoms with Crippen LogP contribution in [0.2, 0.25) is 0 Å². The summed E-state index contributed by atoms with van der Waals surface area (Å²) >= 11 is 1.78. The van der Waals surface area contributed by atoms with Crippen LogP contribution in [-0.2, 0) is 4.79 Å². The smallest absolute Gasteiger partial charge is 0.242 e. The van der Waals surface area contributed by atoms with E-state index >= 15 is 0 Å². The van der Waals surface area contributed by atoms with E-state index in [0.29, 0.717) is 11.8 Å². The lowest BCUT2D eigenvalue weighted by molar-refractivity contribution is -0.121.